The Kier molecular flexibility index (Phi) is 5.35. The molecule has 2 aromatic carbocycles. The van der Waals surface area contributed by atoms with E-state index in [9.17, 15) is 14.0 Å². The van der Waals surface area contributed by atoms with Gasteiger partial charge in [0.05, 0.1) is 30.7 Å². The molecule has 1 aromatic heterocycles. The molecule has 1 fully saturated rings. The quantitative estimate of drug-likeness (QED) is 0.654. The van der Waals surface area contributed by atoms with Gasteiger partial charge in [0.1, 0.15) is 17.7 Å². The van der Waals surface area contributed by atoms with Gasteiger partial charge in [0.2, 0.25) is 0 Å². The molecule has 6 nitrogen and oxygen atoms in total. The first-order chi connectivity index (χ1) is 14.5. The summed E-state index contributed by atoms with van der Waals surface area (Å²) < 4.78 is 24.6. The second-order valence-electron chi connectivity index (χ2n) is 7.27. The van der Waals surface area contributed by atoms with Crippen LogP contribution in [-0.2, 0) is 9.53 Å². The summed E-state index contributed by atoms with van der Waals surface area (Å²) in [5.74, 6) is -1.28. The monoisotopic (exact) mass is 408 g/mol. The van der Waals surface area contributed by atoms with Crippen molar-refractivity contribution >= 4 is 22.8 Å². The molecule has 4 rings (SSSR count). The Labute approximate surface area is 173 Å². The maximum atomic E-state index is 13.8. The molecule has 0 bridgehead atoms. The molecule has 7 heteroatoms. The van der Waals surface area contributed by atoms with Gasteiger partial charge in [0.25, 0.3) is 5.91 Å². The lowest BCUT2D eigenvalue weighted by molar-refractivity contribution is -0.142. The lowest BCUT2D eigenvalue weighted by Gasteiger charge is -2.13. The second kappa shape index (κ2) is 8.10. The number of benzene rings is 2. The van der Waals surface area contributed by atoms with E-state index in [4.69, 9.17) is 9.47 Å². The average Bonchev–Trinajstić information content (AvgIpc) is 3.11. The van der Waals surface area contributed by atoms with Gasteiger partial charge in [-0.25, -0.2) is 4.39 Å². The summed E-state index contributed by atoms with van der Waals surface area (Å²) in [4.78, 5) is 29.4. The van der Waals surface area contributed by atoms with Gasteiger partial charge < -0.3 is 14.8 Å². The van der Waals surface area contributed by atoms with Crippen LogP contribution in [0.1, 0.15) is 34.0 Å². The van der Waals surface area contributed by atoms with Gasteiger partial charge in [-0.05, 0) is 48.9 Å². The minimum absolute atomic E-state index is 0.0405. The lowest BCUT2D eigenvalue weighted by atomic mass is 9.92. The van der Waals surface area contributed by atoms with Crippen LogP contribution in [0.3, 0.4) is 0 Å². The van der Waals surface area contributed by atoms with Crippen LogP contribution in [0.2, 0.25) is 0 Å². The van der Waals surface area contributed by atoms with Crippen molar-refractivity contribution in [2.75, 3.05) is 13.7 Å². The topological polar surface area (TPSA) is 77.5 Å². The van der Waals surface area contributed by atoms with E-state index in [0.29, 0.717) is 12.2 Å². The van der Waals surface area contributed by atoms with E-state index < -0.39 is 23.7 Å². The molecule has 1 N–H and O–H groups in total. The van der Waals surface area contributed by atoms with Crippen LogP contribution in [0, 0.1) is 12.7 Å². The third kappa shape index (κ3) is 3.83. The average molecular weight is 408 g/mol. The Morgan fingerprint density at radius 1 is 1.27 bits per heavy atom. The number of hydrogen-bond donors (Lipinski definition) is 1. The summed E-state index contributed by atoms with van der Waals surface area (Å²) in [6.45, 7) is 1.99. The molecule has 3 aromatic rings. The number of pyridine rings is 1. The molecule has 2 heterocycles. The Morgan fingerprint density at radius 2 is 2.07 bits per heavy atom. The maximum absolute atomic E-state index is 13.8. The number of rotatable bonds is 5. The smallest absolute Gasteiger partial charge is 0.313 e. The van der Waals surface area contributed by atoms with Crippen LogP contribution in [0.4, 0.5) is 4.39 Å². The highest BCUT2D eigenvalue weighted by Crippen LogP contribution is 2.36. The molecule has 1 amide bonds. The van der Waals surface area contributed by atoms with Crippen LogP contribution in [0.15, 0.2) is 48.5 Å². The second-order valence-corrected chi connectivity index (χ2v) is 7.27. The van der Waals surface area contributed by atoms with Crippen molar-refractivity contribution < 1.29 is 23.5 Å². The molecule has 0 aliphatic carbocycles. The predicted octanol–water partition coefficient (Wildman–Crippen LogP) is 3.52. The summed E-state index contributed by atoms with van der Waals surface area (Å²) in [7, 11) is 1.58. The van der Waals surface area contributed by atoms with Gasteiger partial charge in [-0.3, -0.25) is 14.6 Å². The van der Waals surface area contributed by atoms with E-state index in [0.717, 1.165) is 22.2 Å². The van der Waals surface area contributed by atoms with E-state index in [1.54, 1.807) is 13.2 Å². The molecule has 1 aliphatic heterocycles. The number of aromatic nitrogens is 1. The van der Waals surface area contributed by atoms with E-state index in [2.05, 4.69) is 10.3 Å². The summed E-state index contributed by atoms with van der Waals surface area (Å²) in [5, 5.41) is 3.48. The zero-order chi connectivity index (χ0) is 21.3. The highest BCUT2D eigenvalue weighted by atomic mass is 19.1. The lowest BCUT2D eigenvalue weighted by Crippen LogP contribution is -2.32. The number of fused-ring (bicyclic) bond motifs is 1. The van der Waals surface area contributed by atoms with E-state index in [1.165, 1.54) is 18.2 Å². The van der Waals surface area contributed by atoms with E-state index in [1.807, 2.05) is 31.2 Å². The molecular weight excluding hydrogens is 387 g/mol. The Balaban J connectivity index is 1.53. The van der Waals surface area contributed by atoms with Crippen molar-refractivity contribution in [2.45, 2.75) is 25.4 Å². The summed E-state index contributed by atoms with van der Waals surface area (Å²) in [5.41, 5.74) is 2.35. The zero-order valence-corrected chi connectivity index (χ0v) is 16.6. The predicted molar refractivity (Wildman–Crippen MR) is 109 cm³/mol. The molecule has 1 saturated heterocycles. The van der Waals surface area contributed by atoms with Crippen molar-refractivity contribution in [3.8, 4) is 5.75 Å². The number of carbonyl (C=O) groups excluding carboxylic acids is 2. The van der Waals surface area contributed by atoms with Crippen LogP contribution < -0.4 is 10.1 Å². The number of hydrogen-bond acceptors (Lipinski definition) is 5. The van der Waals surface area contributed by atoms with E-state index >= 15 is 0 Å². The first-order valence-electron chi connectivity index (χ1n) is 9.65. The molecule has 154 valence electrons. The minimum atomic E-state index is -0.594. The molecular formula is C23H21FN2O4. The van der Waals surface area contributed by atoms with Gasteiger partial charge in [-0.2, -0.15) is 0 Å². The number of nitrogens with one attached hydrogen (secondary N) is 1. The number of esters is 1. The number of amides is 1. The van der Waals surface area contributed by atoms with Crippen LogP contribution in [-0.4, -0.2) is 36.6 Å². The van der Waals surface area contributed by atoms with Crippen LogP contribution in [0.25, 0.3) is 10.9 Å². The van der Waals surface area contributed by atoms with Crippen LogP contribution >= 0.6 is 0 Å². The Hall–Kier alpha value is -3.48. The maximum Gasteiger partial charge on any atom is 0.313 e. The number of cyclic esters (lactones) is 1. The fourth-order valence-electron chi connectivity index (χ4n) is 3.76. The number of ether oxygens (including phenoxy) is 2. The molecule has 0 saturated carbocycles. The Morgan fingerprint density at radius 3 is 2.83 bits per heavy atom. The molecule has 0 radical (unpaired) electrons. The molecule has 0 spiro atoms. The van der Waals surface area contributed by atoms with Crippen molar-refractivity contribution in [2.24, 2.45) is 0 Å². The number of methoxy groups -OCH3 is 1. The van der Waals surface area contributed by atoms with Crippen LogP contribution in [0.5, 0.6) is 5.75 Å². The summed E-state index contributed by atoms with van der Waals surface area (Å²) in [6, 6.07) is 13.2. The molecule has 1 aliphatic rings. The van der Waals surface area contributed by atoms with Crippen molar-refractivity contribution in [1.29, 1.82) is 0 Å². The van der Waals surface area contributed by atoms with Gasteiger partial charge in [-0.15, -0.1) is 0 Å². The van der Waals surface area contributed by atoms with E-state index in [-0.39, 0.29) is 18.1 Å². The number of carbonyl (C=O) groups is 2. The first kappa shape index (κ1) is 19.8. The molecule has 2 atom stereocenters. The molecule has 30 heavy (non-hydrogen) atoms. The highest BCUT2D eigenvalue weighted by molar-refractivity contribution is 5.94. The number of nitrogens with zero attached hydrogens (tertiary/aromatic N) is 1. The normalized spacial score (nSPS) is 18.3. The number of aryl methyl sites for hydroxylation is 1. The van der Waals surface area contributed by atoms with Gasteiger partial charge in [0.15, 0.2) is 0 Å². The fourth-order valence-corrected chi connectivity index (χ4v) is 3.76. The number of halogens is 1. The summed E-state index contributed by atoms with van der Waals surface area (Å²) in [6.07, 6.45) is -0.0843. The fraction of sp³-hybridized carbons (Fsp3) is 0.261. The third-order valence-electron chi connectivity index (χ3n) is 5.23. The minimum Gasteiger partial charge on any atom is -0.497 e. The van der Waals surface area contributed by atoms with Crippen molar-refractivity contribution in [3.63, 3.8) is 0 Å². The summed E-state index contributed by atoms with van der Waals surface area (Å²) >= 11 is 0. The molecule has 2 unspecified atom stereocenters. The van der Waals surface area contributed by atoms with Gasteiger partial charge in [-0.1, -0.05) is 12.1 Å². The Bertz CT molecular complexity index is 1130. The zero-order valence-electron chi connectivity index (χ0n) is 16.6. The standard InChI is InChI=1S/C23H21FN2O4/c1-13-9-17(18-10-14(29-2)7-8-21(18)26-13)19-11-15(30-23(19)28)12-25-22(27)16-5-3-4-6-20(16)24/h3-10,15,19H,11-12H2,1-2H3,(H,25,27). The third-order valence-corrected chi connectivity index (χ3v) is 5.23. The van der Waals surface area contributed by atoms with Gasteiger partial charge >= 0.3 is 5.97 Å². The largest absolute Gasteiger partial charge is 0.497 e. The SMILES string of the molecule is COc1ccc2nc(C)cc(C3CC(CNC(=O)c4ccccc4F)OC3=O)c2c1. The van der Waals surface area contributed by atoms with Gasteiger partial charge in [0, 0.05) is 17.5 Å². The van der Waals surface area contributed by atoms with Crippen molar-refractivity contribution in [1.82, 2.24) is 10.3 Å². The van der Waals surface area contributed by atoms with Crippen molar-refractivity contribution in [3.05, 3.63) is 71.2 Å². The first-order valence-corrected chi connectivity index (χ1v) is 9.65. The highest BCUT2D eigenvalue weighted by Gasteiger charge is 2.37.